The standard InChI is InChI=1S/C9H5F5N2O/c1-17-7-5(2-15)16-3-4(8(10)11)6(7)9(12,13)14/h3,8H,1H3. The number of pyridine rings is 1. The third-order valence-corrected chi connectivity index (χ3v) is 1.89. The van der Waals surface area contributed by atoms with E-state index in [1.807, 2.05) is 0 Å². The van der Waals surface area contributed by atoms with Crippen LogP contribution in [0.1, 0.15) is 23.2 Å². The van der Waals surface area contributed by atoms with Crippen molar-refractivity contribution >= 4 is 0 Å². The fraction of sp³-hybridized carbons (Fsp3) is 0.333. The van der Waals surface area contributed by atoms with Gasteiger partial charge in [-0.2, -0.15) is 18.4 Å². The Bertz CT molecular complexity index is 464. The van der Waals surface area contributed by atoms with Gasteiger partial charge in [0.15, 0.2) is 11.4 Å². The smallest absolute Gasteiger partial charge is 0.420 e. The Hall–Kier alpha value is -1.91. The Balaban J connectivity index is 3.64. The molecule has 1 rings (SSSR count). The minimum absolute atomic E-state index is 0.328. The van der Waals surface area contributed by atoms with E-state index in [1.54, 1.807) is 0 Å². The summed E-state index contributed by atoms with van der Waals surface area (Å²) in [6.07, 6.45) is -8.08. The molecule has 1 heterocycles. The van der Waals surface area contributed by atoms with Crippen LogP contribution in [0.25, 0.3) is 0 Å². The molecule has 0 fully saturated rings. The van der Waals surface area contributed by atoms with Gasteiger partial charge in [0.2, 0.25) is 0 Å². The average molecular weight is 252 g/mol. The number of alkyl halides is 5. The molecule has 1 aromatic heterocycles. The summed E-state index contributed by atoms with van der Waals surface area (Å²) in [6, 6.07) is 1.34. The maximum atomic E-state index is 12.6. The molecule has 0 saturated carbocycles. The molecule has 0 saturated heterocycles. The first-order valence-electron chi connectivity index (χ1n) is 4.15. The highest BCUT2D eigenvalue weighted by molar-refractivity contribution is 5.49. The average Bonchev–Trinajstić information content (AvgIpc) is 2.25. The number of hydrogen-bond donors (Lipinski definition) is 0. The lowest BCUT2D eigenvalue weighted by atomic mass is 10.1. The molecule has 92 valence electrons. The largest absolute Gasteiger partial charge is 0.493 e. The van der Waals surface area contributed by atoms with E-state index < -0.39 is 35.2 Å². The number of hydrogen-bond acceptors (Lipinski definition) is 3. The second-order valence-corrected chi connectivity index (χ2v) is 2.88. The summed E-state index contributed by atoms with van der Waals surface area (Å²) in [5.41, 5.74) is -3.67. The first-order valence-corrected chi connectivity index (χ1v) is 4.15. The minimum Gasteiger partial charge on any atom is -0.493 e. The molecular weight excluding hydrogens is 247 g/mol. The number of aromatic nitrogens is 1. The molecule has 0 N–H and O–H groups in total. The number of rotatable bonds is 2. The van der Waals surface area contributed by atoms with Gasteiger partial charge in [-0.15, -0.1) is 0 Å². The Morgan fingerprint density at radius 3 is 2.35 bits per heavy atom. The molecular formula is C9H5F5N2O. The minimum atomic E-state index is -5.05. The van der Waals surface area contributed by atoms with E-state index in [4.69, 9.17) is 5.26 Å². The maximum absolute atomic E-state index is 12.6. The normalized spacial score (nSPS) is 11.4. The quantitative estimate of drug-likeness (QED) is 0.760. The number of halogens is 5. The van der Waals surface area contributed by atoms with Gasteiger partial charge in [-0.1, -0.05) is 0 Å². The summed E-state index contributed by atoms with van der Waals surface area (Å²) in [4.78, 5) is 3.20. The van der Waals surface area contributed by atoms with Crippen molar-refractivity contribution < 1.29 is 26.7 Å². The van der Waals surface area contributed by atoms with Crippen molar-refractivity contribution in [2.24, 2.45) is 0 Å². The lowest BCUT2D eigenvalue weighted by Gasteiger charge is -2.16. The van der Waals surface area contributed by atoms with Crippen LogP contribution in [0.4, 0.5) is 22.0 Å². The molecule has 0 aliphatic rings. The lowest BCUT2D eigenvalue weighted by Crippen LogP contribution is -2.14. The van der Waals surface area contributed by atoms with Gasteiger partial charge in [-0.3, -0.25) is 0 Å². The third kappa shape index (κ3) is 2.43. The van der Waals surface area contributed by atoms with Crippen LogP contribution in [0.15, 0.2) is 6.20 Å². The molecule has 0 atom stereocenters. The number of methoxy groups -OCH3 is 1. The molecule has 17 heavy (non-hydrogen) atoms. The van der Waals surface area contributed by atoms with Crippen LogP contribution in [-0.4, -0.2) is 12.1 Å². The van der Waals surface area contributed by atoms with Crippen LogP contribution in [0.3, 0.4) is 0 Å². The summed E-state index contributed by atoms with van der Waals surface area (Å²) in [5, 5.41) is 8.52. The summed E-state index contributed by atoms with van der Waals surface area (Å²) >= 11 is 0. The van der Waals surface area contributed by atoms with Crippen LogP contribution in [-0.2, 0) is 6.18 Å². The Morgan fingerprint density at radius 2 is 2.00 bits per heavy atom. The van der Waals surface area contributed by atoms with Gasteiger partial charge in [0.1, 0.15) is 11.6 Å². The highest BCUT2D eigenvalue weighted by atomic mass is 19.4. The number of nitriles is 1. The van der Waals surface area contributed by atoms with Gasteiger partial charge in [0.25, 0.3) is 6.43 Å². The number of nitrogens with zero attached hydrogens (tertiary/aromatic N) is 2. The first-order chi connectivity index (χ1) is 7.82. The fourth-order valence-electron chi connectivity index (χ4n) is 1.24. The SMILES string of the molecule is COc1c(C#N)ncc(C(F)F)c1C(F)(F)F. The van der Waals surface area contributed by atoms with E-state index >= 15 is 0 Å². The van der Waals surface area contributed by atoms with Crippen molar-refractivity contribution in [1.29, 1.82) is 5.26 Å². The zero-order valence-corrected chi connectivity index (χ0v) is 8.35. The van der Waals surface area contributed by atoms with Crippen molar-refractivity contribution in [3.63, 3.8) is 0 Å². The van der Waals surface area contributed by atoms with Gasteiger partial charge in [-0.25, -0.2) is 13.8 Å². The molecule has 1 aromatic rings. The summed E-state index contributed by atoms with van der Waals surface area (Å²) < 4.78 is 67.1. The van der Waals surface area contributed by atoms with E-state index in [-0.39, 0.29) is 0 Å². The van der Waals surface area contributed by atoms with E-state index in [0.717, 1.165) is 7.11 Å². The molecule has 0 aromatic carbocycles. The van der Waals surface area contributed by atoms with Crippen molar-refractivity contribution in [3.05, 3.63) is 23.0 Å². The van der Waals surface area contributed by atoms with E-state index in [0.29, 0.717) is 6.20 Å². The summed E-state index contributed by atoms with van der Waals surface area (Å²) in [7, 11) is 0.850. The highest BCUT2D eigenvalue weighted by Gasteiger charge is 2.41. The molecule has 3 nitrogen and oxygen atoms in total. The molecule has 0 spiro atoms. The van der Waals surface area contributed by atoms with E-state index in [9.17, 15) is 22.0 Å². The first kappa shape index (κ1) is 13.2. The predicted octanol–water partition coefficient (Wildman–Crippen LogP) is 2.92. The second-order valence-electron chi connectivity index (χ2n) is 2.88. The summed E-state index contributed by atoms with van der Waals surface area (Å²) in [6.45, 7) is 0. The Labute approximate surface area is 92.4 Å². The van der Waals surface area contributed by atoms with Gasteiger partial charge in [-0.05, 0) is 0 Å². The molecule has 0 aliphatic heterocycles. The summed E-state index contributed by atoms with van der Waals surface area (Å²) in [5.74, 6) is -0.988. The molecule has 0 radical (unpaired) electrons. The number of ether oxygens (including phenoxy) is 1. The van der Waals surface area contributed by atoms with Crippen molar-refractivity contribution in [3.8, 4) is 11.8 Å². The van der Waals surface area contributed by atoms with Crippen LogP contribution in [0.2, 0.25) is 0 Å². The molecule has 0 unspecified atom stereocenters. The molecule has 0 aliphatic carbocycles. The van der Waals surface area contributed by atoms with Crippen molar-refractivity contribution in [2.45, 2.75) is 12.6 Å². The van der Waals surface area contributed by atoms with E-state index in [1.165, 1.54) is 6.07 Å². The molecule has 8 heteroatoms. The zero-order valence-electron chi connectivity index (χ0n) is 8.35. The maximum Gasteiger partial charge on any atom is 0.420 e. The van der Waals surface area contributed by atoms with Crippen LogP contribution in [0, 0.1) is 11.3 Å². The van der Waals surface area contributed by atoms with Gasteiger partial charge in [0.05, 0.1) is 12.7 Å². The molecule has 0 amide bonds. The van der Waals surface area contributed by atoms with Gasteiger partial charge < -0.3 is 4.74 Å². The van der Waals surface area contributed by atoms with Crippen LogP contribution >= 0.6 is 0 Å². The fourth-order valence-corrected chi connectivity index (χ4v) is 1.24. The predicted molar refractivity (Wildman–Crippen MR) is 45.5 cm³/mol. The Kier molecular flexibility index (Phi) is 3.50. The molecule has 0 bridgehead atoms. The monoisotopic (exact) mass is 252 g/mol. The second kappa shape index (κ2) is 4.53. The zero-order chi connectivity index (χ0) is 13.2. The van der Waals surface area contributed by atoms with E-state index in [2.05, 4.69) is 9.72 Å². The van der Waals surface area contributed by atoms with Crippen molar-refractivity contribution in [1.82, 2.24) is 4.98 Å². The highest BCUT2D eigenvalue weighted by Crippen LogP contribution is 2.42. The van der Waals surface area contributed by atoms with Gasteiger partial charge >= 0.3 is 6.18 Å². The topological polar surface area (TPSA) is 45.9 Å². The van der Waals surface area contributed by atoms with Gasteiger partial charge in [0, 0.05) is 6.20 Å². The van der Waals surface area contributed by atoms with Crippen LogP contribution in [0.5, 0.6) is 5.75 Å². The van der Waals surface area contributed by atoms with Crippen LogP contribution < -0.4 is 4.74 Å². The lowest BCUT2D eigenvalue weighted by molar-refractivity contribution is -0.140. The third-order valence-electron chi connectivity index (χ3n) is 1.89. The Morgan fingerprint density at radius 1 is 1.41 bits per heavy atom. The van der Waals surface area contributed by atoms with Crippen molar-refractivity contribution in [2.75, 3.05) is 7.11 Å².